The predicted molar refractivity (Wildman–Crippen MR) is 126 cm³/mol. The summed E-state index contributed by atoms with van der Waals surface area (Å²) in [5, 5.41) is 15.0. The first-order chi connectivity index (χ1) is 16.4. The van der Waals surface area contributed by atoms with Gasteiger partial charge in [0.15, 0.2) is 5.69 Å². The summed E-state index contributed by atoms with van der Waals surface area (Å²) in [6.07, 6.45) is 2.62. The molecule has 2 amide bonds. The number of fused-ring (bicyclic) bond motifs is 1. The van der Waals surface area contributed by atoms with Gasteiger partial charge in [-0.15, -0.1) is 0 Å². The topological polar surface area (TPSA) is 105 Å². The number of hydrogen-bond donors (Lipinski definition) is 2. The van der Waals surface area contributed by atoms with Crippen molar-refractivity contribution in [1.82, 2.24) is 30.2 Å². The molecule has 0 bridgehead atoms. The summed E-state index contributed by atoms with van der Waals surface area (Å²) >= 11 is 0. The smallest absolute Gasteiger partial charge is 0.274 e. The molecular formula is C25H30N6O3. The van der Waals surface area contributed by atoms with Crippen LogP contribution in [0.25, 0.3) is 0 Å². The van der Waals surface area contributed by atoms with Crippen molar-refractivity contribution in [2.45, 2.75) is 58.2 Å². The van der Waals surface area contributed by atoms with Crippen molar-refractivity contribution >= 4 is 11.8 Å². The number of ether oxygens (including phenoxy) is 1. The highest BCUT2D eigenvalue weighted by atomic mass is 16.5. The molecule has 2 aliphatic rings. The van der Waals surface area contributed by atoms with Gasteiger partial charge in [-0.3, -0.25) is 19.4 Å². The molecule has 3 heterocycles. The highest BCUT2D eigenvalue weighted by molar-refractivity contribution is 5.95. The number of hydrogen-bond acceptors (Lipinski definition) is 5. The number of nitrogens with one attached hydrogen (secondary N) is 2. The molecule has 34 heavy (non-hydrogen) atoms. The highest BCUT2D eigenvalue weighted by Crippen LogP contribution is 2.27. The molecule has 0 radical (unpaired) electrons. The van der Waals surface area contributed by atoms with Crippen molar-refractivity contribution < 1.29 is 14.3 Å². The van der Waals surface area contributed by atoms with Crippen LogP contribution in [0.5, 0.6) is 5.75 Å². The van der Waals surface area contributed by atoms with Crippen LogP contribution >= 0.6 is 0 Å². The molecular weight excluding hydrogens is 432 g/mol. The molecule has 3 aromatic rings. The van der Waals surface area contributed by atoms with Crippen LogP contribution in [0.4, 0.5) is 0 Å². The minimum Gasteiger partial charge on any atom is -0.497 e. The fourth-order valence-corrected chi connectivity index (χ4v) is 4.31. The first kappa shape index (κ1) is 22.2. The van der Waals surface area contributed by atoms with E-state index in [2.05, 4.69) is 29.4 Å². The Balaban J connectivity index is 1.43. The monoisotopic (exact) mass is 462 g/mol. The van der Waals surface area contributed by atoms with Crippen molar-refractivity contribution in [3.8, 4) is 5.75 Å². The van der Waals surface area contributed by atoms with E-state index in [1.165, 1.54) is 0 Å². The normalized spacial score (nSPS) is 15.4. The van der Waals surface area contributed by atoms with Gasteiger partial charge in [0.05, 0.1) is 20.2 Å². The summed E-state index contributed by atoms with van der Waals surface area (Å²) in [5.74, 6) is 0.735. The third kappa shape index (κ3) is 4.42. The lowest BCUT2D eigenvalue weighted by Gasteiger charge is -2.27. The summed E-state index contributed by atoms with van der Waals surface area (Å²) in [6.45, 7) is 5.51. The van der Waals surface area contributed by atoms with E-state index in [4.69, 9.17) is 9.84 Å². The molecule has 0 spiro atoms. The molecule has 9 heteroatoms. The van der Waals surface area contributed by atoms with Crippen molar-refractivity contribution in [3.05, 3.63) is 64.2 Å². The van der Waals surface area contributed by atoms with Gasteiger partial charge in [-0.2, -0.15) is 10.2 Å². The first-order valence-corrected chi connectivity index (χ1v) is 11.8. The Morgan fingerprint density at radius 2 is 2.09 bits per heavy atom. The molecule has 0 saturated heterocycles. The van der Waals surface area contributed by atoms with Crippen LogP contribution in [-0.2, 0) is 19.5 Å². The number of carbonyl (C=O) groups is 2. The second-order valence-corrected chi connectivity index (χ2v) is 9.37. The van der Waals surface area contributed by atoms with E-state index >= 15 is 0 Å². The molecule has 1 aliphatic heterocycles. The standard InChI is InChI=1S/C25H30N6O3/c1-15(2)20-12-21(28-27-20)25(33)30-10-9-22-19(14-30)23(24(32)26-17-7-8-17)29-31(22)13-16-5-4-6-18(11-16)34-3/h4-6,11-12,15,17H,7-10,13-14H2,1-3H3,(H,26,32)(H,27,28). The van der Waals surface area contributed by atoms with E-state index in [1.54, 1.807) is 12.0 Å². The van der Waals surface area contributed by atoms with E-state index in [1.807, 2.05) is 35.0 Å². The average Bonchev–Trinajstić information content (AvgIpc) is 3.38. The largest absolute Gasteiger partial charge is 0.497 e. The summed E-state index contributed by atoms with van der Waals surface area (Å²) in [5.41, 5.74) is 4.59. The van der Waals surface area contributed by atoms with Gasteiger partial charge < -0.3 is 15.0 Å². The maximum Gasteiger partial charge on any atom is 0.274 e. The molecule has 2 aromatic heterocycles. The van der Waals surface area contributed by atoms with E-state index in [0.29, 0.717) is 37.4 Å². The molecule has 1 fully saturated rings. The van der Waals surface area contributed by atoms with Gasteiger partial charge in [-0.05, 0) is 42.5 Å². The van der Waals surface area contributed by atoms with Gasteiger partial charge in [0, 0.05) is 36.0 Å². The Kier molecular flexibility index (Phi) is 5.85. The number of methoxy groups -OCH3 is 1. The summed E-state index contributed by atoms with van der Waals surface area (Å²) in [7, 11) is 1.64. The Labute approximate surface area is 198 Å². The minimum absolute atomic E-state index is 0.136. The second kappa shape index (κ2) is 8.96. The quantitative estimate of drug-likeness (QED) is 0.562. The molecule has 178 valence electrons. The van der Waals surface area contributed by atoms with Gasteiger partial charge in [-0.25, -0.2) is 0 Å². The van der Waals surface area contributed by atoms with Gasteiger partial charge in [0.25, 0.3) is 11.8 Å². The predicted octanol–water partition coefficient (Wildman–Crippen LogP) is 2.88. The van der Waals surface area contributed by atoms with Crippen LogP contribution in [0, 0.1) is 0 Å². The van der Waals surface area contributed by atoms with Gasteiger partial charge in [0.1, 0.15) is 11.4 Å². The lowest BCUT2D eigenvalue weighted by molar-refractivity contribution is 0.0724. The molecule has 1 aromatic carbocycles. The van der Waals surface area contributed by atoms with E-state index in [-0.39, 0.29) is 23.8 Å². The Morgan fingerprint density at radius 1 is 1.26 bits per heavy atom. The zero-order valence-electron chi connectivity index (χ0n) is 19.8. The third-order valence-corrected chi connectivity index (χ3v) is 6.45. The first-order valence-electron chi connectivity index (χ1n) is 11.8. The van der Waals surface area contributed by atoms with Crippen LogP contribution in [0.15, 0.2) is 30.3 Å². The highest BCUT2D eigenvalue weighted by Gasteiger charge is 2.33. The number of aromatic amines is 1. The van der Waals surface area contributed by atoms with Crippen molar-refractivity contribution in [3.63, 3.8) is 0 Å². The number of benzene rings is 1. The number of nitrogens with zero attached hydrogens (tertiary/aromatic N) is 4. The number of aromatic nitrogens is 4. The van der Waals surface area contributed by atoms with Gasteiger partial charge in [-0.1, -0.05) is 26.0 Å². The summed E-state index contributed by atoms with van der Waals surface area (Å²) < 4.78 is 7.25. The Morgan fingerprint density at radius 3 is 2.79 bits per heavy atom. The van der Waals surface area contributed by atoms with Crippen LogP contribution in [0.1, 0.15) is 76.1 Å². The maximum atomic E-state index is 13.2. The Bertz CT molecular complexity index is 1220. The van der Waals surface area contributed by atoms with Gasteiger partial charge >= 0.3 is 0 Å². The molecule has 5 rings (SSSR count). The Hall–Kier alpha value is -3.62. The zero-order valence-corrected chi connectivity index (χ0v) is 19.8. The second-order valence-electron chi connectivity index (χ2n) is 9.37. The van der Waals surface area contributed by atoms with Gasteiger partial charge in [0.2, 0.25) is 0 Å². The molecule has 1 aliphatic carbocycles. The zero-order chi connectivity index (χ0) is 23.8. The number of rotatable bonds is 7. The van der Waals surface area contributed by atoms with Crippen molar-refractivity contribution in [1.29, 1.82) is 0 Å². The van der Waals surface area contributed by atoms with E-state index in [9.17, 15) is 9.59 Å². The maximum absolute atomic E-state index is 13.2. The fraction of sp³-hybridized carbons (Fsp3) is 0.440. The van der Waals surface area contributed by atoms with Crippen LogP contribution in [-0.4, -0.2) is 56.4 Å². The molecule has 2 N–H and O–H groups in total. The van der Waals surface area contributed by atoms with E-state index in [0.717, 1.165) is 41.1 Å². The molecule has 1 saturated carbocycles. The summed E-state index contributed by atoms with van der Waals surface area (Å²) in [4.78, 5) is 28.0. The van der Waals surface area contributed by atoms with Crippen molar-refractivity contribution in [2.75, 3.05) is 13.7 Å². The number of amides is 2. The van der Waals surface area contributed by atoms with Crippen molar-refractivity contribution in [2.24, 2.45) is 0 Å². The van der Waals surface area contributed by atoms with E-state index < -0.39 is 0 Å². The lowest BCUT2D eigenvalue weighted by atomic mass is 10.0. The van der Waals surface area contributed by atoms with Crippen LogP contribution in [0.3, 0.4) is 0 Å². The van der Waals surface area contributed by atoms with Crippen LogP contribution in [0.2, 0.25) is 0 Å². The third-order valence-electron chi connectivity index (χ3n) is 6.45. The minimum atomic E-state index is -0.167. The fourth-order valence-electron chi connectivity index (χ4n) is 4.31. The lowest BCUT2D eigenvalue weighted by Crippen LogP contribution is -2.37. The average molecular weight is 463 g/mol. The molecule has 9 nitrogen and oxygen atoms in total. The molecule has 0 unspecified atom stereocenters. The number of H-pyrrole nitrogens is 1. The van der Waals surface area contributed by atoms with Crippen LogP contribution < -0.4 is 10.1 Å². The SMILES string of the molecule is COc1cccc(Cn2nc(C(=O)NC3CC3)c3c2CCN(C(=O)c2cc(C(C)C)[nH]n2)C3)c1. The molecule has 0 atom stereocenters. The summed E-state index contributed by atoms with van der Waals surface area (Å²) in [6, 6.07) is 9.88. The number of carbonyl (C=O) groups excluding carboxylic acids is 2.